The molecule has 0 bridgehead atoms. The van der Waals surface area contributed by atoms with Crippen LogP contribution in [0, 0.1) is 0 Å². The monoisotopic (exact) mass is 617 g/mol. The predicted molar refractivity (Wildman–Crippen MR) is 164 cm³/mol. The predicted octanol–water partition coefficient (Wildman–Crippen LogP) is 7.59. The fraction of sp³-hybridized carbons (Fsp3) is 0.286. The summed E-state index contributed by atoms with van der Waals surface area (Å²) in [4.78, 5) is 32.9. The van der Waals surface area contributed by atoms with Gasteiger partial charge in [0.25, 0.3) is 5.91 Å². The summed E-state index contributed by atoms with van der Waals surface area (Å²) in [5, 5.41) is 4.42. The smallest absolute Gasteiger partial charge is 0.266 e. The highest BCUT2D eigenvalue weighted by atomic mass is 35.5. The summed E-state index contributed by atoms with van der Waals surface area (Å²) in [6, 6.07) is 13.0. The Bertz CT molecular complexity index is 1440. The standard InChI is InChI=1S/C28H25Cl2N3O3S3/c29-19-10-11-22(30)18(12-19)13-21-15-31-27(38-21)32-25(34)16-33-26(35)24(39-28(33)37)14-17-6-4-5-9-23(17)36-20-7-2-1-3-8-20/h4-6,9-12,14-15,20H,1-3,7-8,13,16H2,(H,31,32,34)/b24-14-. The molecule has 6 nitrogen and oxygen atoms in total. The Hall–Kier alpha value is -2.43. The zero-order valence-electron chi connectivity index (χ0n) is 20.8. The molecule has 0 radical (unpaired) electrons. The van der Waals surface area contributed by atoms with E-state index in [2.05, 4.69) is 10.3 Å². The number of carbonyl (C=O) groups is 2. The number of halogens is 2. The first kappa shape index (κ1) is 28.1. The summed E-state index contributed by atoms with van der Waals surface area (Å²) in [5.41, 5.74) is 1.70. The molecule has 2 aromatic carbocycles. The van der Waals surface area contributed by atoms with Gasteiger partial charge in [0, 0.05) is 33.1 Å². The van der Waals surface area contributed by atoms with Crippen LogP contribution in [-0.4, -0.2) is 38.7 Å². The van der Waals surface area contributed by atoms with E-state index in [0.717, 1.165) is 34.6 Å². The Kier molecular flexibility index (Phi) is 9.25. The maximum absolute atomic E-state index is 13.2. The van der Waals surface area contributed by atoms with E-state index in [0.29, 0.717) is 30.8 Å². The quantitative estimate of drug-likeness (QED) is 0.207. The van der Waals surface area contributed by atoms with E-state index < -0.39 is 0 Å². The lowest BCUT2D eigenvalue weighted by Crippen LogP contribution is -2.36. The molecule has 0 unspecified atom stereocenters. The number of thiazole rings is 1. The van der Waals surface area contributed by atoms with Gasteiger partial charge in [-0.3, -0.25) is 14.5 Å². The van der Waals surface area contributed by atoms with Crippen LogP contribution in [0.25, 0.3) is 6.08 Å². The van der Waals surface area contributed by atoms with E-state index in [-0.39, 0.29) is 24.5 Å². The molecule has 1 aliphatic heterocycles. The minimum atomic E-state index is -0.379. The lowest BCUT2D eigenvalue weighted by Gasteiger charge is -2.23. The van der Waals surface area contributed by atoms with Gasteiger partial charge in [0.15, 0.2) is 5.13 Å². The largest absolute Gasteiger partial charge is 0.490 e. The number of thioether (sulfide) groups is 1. The third-order valence-electron chi connectivity index (χ3n) is 6.40. The number of nitrogens with one attached hydrogen (secondary N) is 1. The normalized spacial score (nSPS) is 17.2. The van der Waals surface area contributed by atoms with Crippen LogP contribution in [-0.2, 0) is 16.0 Å². The molecule has 1 N–H and O–H groups in total. The Morgan fingerprint density at radius 1 is 1.18 bits per heavy atom. The topological polar surface area (TPSA) is 71.5 Å². The molecule has 11 heteroatoms. The van der Waals surface area contributed by atoms with E-state index >= 15 is 0 Å². The summed E-state index contributed by atoms with van der Waals surface area (Å²) in [7, 11) is 0. The van der Waals surface area contributed by atoms with Crippen LogP contribution in [0.1, 0.15) is 48.1 Å². The number of hydrogen-bond donors (Lipinski definition) is 1. The van der Waals surface area contributed by atoms with Gasteiger partial charge in [-0.15, -0.1) is 11.3 Å². The molecule has 1 aliphatic carbocycles. The molecule has 1 saturated carbocycles. The van der Waals surface area contributed by atoms with Crippen LogP contribution in [0.3, 0.4) is 0 Å². The maximum atomic E-state index is 13.2. The molecule has 0 spiro atoms. The molecule has 2 heterocycles. The molecule has 1 aromatic heterocycles. The van der Waals surface area contributed by atoms with Crippen LogP contribution in [0.4, 0.5) is 5.13 Å². The van der Waals surface area contributed by atoms with Crippen molar-refractivity contribution in [1.82, 2.24) is 9.88 Å². The van der Waals surface area contributed by atoms with Crippen LogP contribution >= 0.6 is 58.5 Å². The number of nitrogens with zero attached hydrogens (tertiary/aromatic N) is 2. The van der Waals surface area contributed by atoms with Crippen LogP contribution in [0.5, 0.6) is 5.75 Å². The number of carbonyl (C=O) groups excluding carboxylic acids is 2. The van der Waals surface area contributed by atoms with Gasteiger partial charge in [0.2, 0.25) is 5.91 Å². The first-order valence-electron chi connectivity index (χ1n) is 12.6. The zero-order valence-corrected chi connectivity index (χ0v) is 24.8. The van der Waals surface area contributed by atoms with E-state index in [4.69, 9.17) is 40.2 Å². The first-order valence-corrected chi connectivity index (χ1v) is 15.3. The van der Waals surface area contributed by atoms with Crippen LogP contribution in [0.2, 0.25) is 10.0 Å². The summed E-state index contributed by atoms with van der Waals surface area (Å²) < 4.78 is 6.61. The van der Waals surface area contributed by atoms with Crippen molar-refractivity contribution in [3.05, 3.63) is 79.6 Å². The molecule has 0 atom stereocenters. The van der Waals surface area contributed by atoms with E-state index in [1.807, 2.05) is 30.3 Å². The van der Waals surface area contributed by atoms with E-state index in [1.165, 1.54) is 47.3 Å². The Morgan fingerprint density at radius 2 is 1.97 bits per heavy atom. The van der Waals surface area contributed by atoms with Crippen molar-refractivity contribution >= 4 is 85.9 Å². The van der Waals surface area contributed by atoms with Gasteiger partial charge in [0.1, 0.15) is 16.6 Å². The second kappa shape index (κ2) is 12.8. The highest BCUT2D eigenvalue weighted by molar-refractivity contribution is 8.26. The Labute approximate surface area is 250 Å². The third-order valence-corrected chi connectivity index (χ3v) is 9.29. The average molecular weight is 619 g/mol. The van der Waals surface area contributed by atoms with Crippen molar-refractivity contribution in [1.29, 1.82) is 0 Å². The number of thiocarbonyl (C=S) groups is 1. The van der Waals surface area contributed by atoms with Gasteiger partial charge >= 0.3 is 0 Å². The van der Waals surface area contributed by atoms with Gasteiger partial charge in [-0.25, -0.2) is 4.98 Å². The van der Waals surface area contributed by atoms with E-state index in [9.17, 15) is 9.59 Å². The number of ether oxygens (including phenoxy) is 1. The maximum Gasteiger partial charge on any atom is 0.266 e. The van der Waals surface area contributed by atoms with Gasteiger partial charge in [-0.2, -0.15) is 0 Å². The lowest BCUT2D eigenvalue weighted by atomic mass is 9.97. The number of hydrogen-bond acceptors (Lipinski definition) is 7. The summed E-state index contributed by atoms with van der Waals surface area (Å²) in [6.07, 6.45) is 9.90. The second-order valence-corrected chi connectivity index (χ2v) is 12.9. The highest BCUT2D eigenvalue weighted by Crippen LogP contribution is 2.35. The van der Waals surface area contributed by atoms with Crippen molar-refractivity contribution in [2.75, 3.05) is 11.9 Å². The molecule has 1 saturated heterocycles. The van der Waals surface area contributed by atoms with Crippen molar-refractivity contribution in [3.63, 3.8) is 0 Å². The fourth-order valence-corrected chi connectivity index (χ4v) is 6.94. The van der Waals surface area contributed by atoms with Gasteiger partial charge in [-0.1, -0.05) is 71.8 Å². The van der Waals surface area contributed by atoms with E-state index in [1.54, 1.807) is 24.4 Å². The molecule has 202 valence electrons. The van der Waals surface area contributed by atoms with Gasteiger partial charge in [-0.05, 0) is 61.6 Å². The number of aromatic nitrogens is 1. The minimum Gasteiger partial charge on any atom is -0.490 e. The van der Waals surface area contributed by atoms with Crippen molar-refractivity contribution in [2.45, 2.75) is 44.6 Å². The molecule has 39 heavy (non-hydrogen) atoms. The Morgan fingerprint density at radius 3 is 2.79 bits per heavy atom. The van der Waals surface area contributed by atoms with Crippen molar-refractivity contribution in [3.8, 4) is 5.75 Å². The lowest BCUT2D eigenvalue weighted by molar-refractivity contribution is -0.126. The fourth-order valence-electron chi connectivity index (χ4n) is 4.46. The van der Waals surface area contributed by atoms with Crippen LogP contribution in [0.15, 0.2) is 53.6 Å². The molecule has 3 aromatic rings. The number of para-hydroxylation sites is 1. The summed E-state index contributed by atoms with van der Waals surface area (Å²) in [6.45, 7) is -0.197. The van der Waals surface area contributed by atoms with Gasteiger partial charge in [0.05, 0.1) is 11.0 Å². The minimum absolute atomic E-state index is 0.195. The number of amides is 2. The summed E-state index contributed by atoms with van der Waals surface area (Å²) in [5.74, 6) is 0.0735. The van der Waals surface area contributed by atoms with Crippen molar-refractivity contribution in [2.24, 2.45) is 0 Å². The molecular formula is C28H25Cl2N3O3S3. The number of benzene rings is 2. The third kappa shape index (κ3) is 7.21. The zero-order chi connectivity index (χ0) is 27.4. The van der Waals surface area contributed by atoms with Crippen molar-refractivity contribution < 1.29 is 14.3 Å². The molecule has 2 aliphatic rings. The second-order valence-electron chi connectivity index (χ2n) is 9.28. The summed E-state index contributed by atoms with van der Waals surface area (Å²) >= 11 is 20.3. The van der Waals surface area contributed by atoms with Crippen LogP contribution < -0.4 is 10.1 Å². The average Bonchev–Trinajstić information content (AvgIpc) is 3.46. The molecule has 2 fully saturated rings. The number of rotatable bonds is 8. The number of anilines is 1. The Balaban J connectivity index is 1.21. The van der Waals surface area contributed by atoms with Gasteiger partial charge < -0.3 is 10.1 Å². The first-order chi connectivity index (χ1) is 18.9. The molecule has 5 rings (SSSR count). The molecular weight excluding hydrogens is 593 g/mol. The SMILES string of the molecule is O=C(CN1C(=O)/C(=C/c2ccccc2OC2CCCCC2)SC1=S)Nc1ncc(Cc2cc(Cl)ccc2Cl)s1. The molecule has 2 amide bonds. The highest BCUT2D eigenvalue weighted by Gasteiger charge is 2.34.